The van der Waals surface area contributed by atoms with Crippen LogP contribution >= 0.6 is 0 Å². The molecule has 18 heavy (non-hydrogen) atoms. The summed E-state index contributed by atoms with van der Waals surface area (Å²) in [6.07, 6.45) is 0. The number of anilines is 1. The van der Waals surface area contributed by atoms with Crippen LogP contribution in [0.15, 0.2) is 42.5 Å². The van der Waals surface area contributed by atoms with Gasteiger partial charge in [0.05, 0.1) is 12.8 Å². The second-order valence-electron chi connectivity index (χ2n) is 3.84. The summed E-state index contributed by atoms with van der Waals surface area (Å²) in [7, 11) is 1.58. The zero-order chi connectivity index (χ0) is 12.5. The van der Waals surface area contributed by atoms with Gasteiger partial charge < -0.3 is 10.5 Å². The van der Waals surface area contributed by atoms with Gasteiger partial charge in [-0.3, -0.25) is 4.57 Å². The zero-order valence-electron chi connectivity index (χ0n) is 9.87. The Kier molecular flexibility index (Phi) is 2.37. The van der Waals surface area contributed by atoms with E-state index >= 15 is 0 Å². The monoisotopic (exact) mass is 240 g/mol. The minimum absolute atomic E-state index is 0.414. The standard InChI is InChI=1S/C13H12N4O/c1-18-11-8-7-10-12(16-11)17(13(14)15-10)9-5-3-2-4-6-9/h2-8H,1H3,(H2,14,15). The molecule has 0 radical (unpaired) electrons. The largest absolute Gasteiger partial charge is 0.481 e. The summed E-state index contributed by atoms with van der Waals surface area (Å²) in [4.78, 5) is 8.68. The molecule has 0 spiro atoms. The number of pyridine rings is 1. The SMILES string of the molecule is COc1ccc2nc(N)n(-c3ccccc3)c2n1. The Hall–Kier alpha value is -2.56. The molecule has 0 aliphatic rings. The minimum Gasteiger partial charge on any atom is -0.481 e. The van der Waals surface area contributed by atoms with E-state index in [-0.39, 0.29) is 0 Å². The van der Waals surface area contributed by atoms with Crippen LogP contribution in [-0.2, 0) is 0 Å². The molecule has 2 N–H and O–H groups in total. The zero-order valence-corrected chi connectivity index (χ0v) is 9.87. The molecule has 0 amide bonds. The minimum atomic E-state index is 0.414. The molecule has 0 unspecified atom stereocenters. The number of hydrogen-bond donors (Lipinski definition) is 1. The molecule has 0 fully saturated rings. The van der Waals surface area contributed by atoms with E-state index in [2.05, 4.69) is 9.97 Å². The molecular formula is C13H12N4O. The maximum Gasteiger partial charge on any atom is 0.215 e. The van der Waals surface area contributed by atoms with Crippen molar-refractivity contribution in [1.29, 1.82) is 0 Å². The molecule has 2 aromatic heterocycles. The number of rotatable bonds is 2. The molecule has 3 aromatic rings. The number of benzene rings is 1. The Labute approximate surface area is 104 Å². The topological polar surface area (TPSA) is 66.0 Å². The van der Waals surface area contributed by atoms with E-state index in [1.54, 1.807) is 17.7 Å². The molecular weight excluding hydrogens is 228 g/mol. The molecule has 3 rings (SSSR count). The first kappa shape index (κ1) is 10.6. The first-order valence-electron chi connectivity index (χ1n) is 5.54. The highest BCUT2D eigenvalue weighted by Crippen LogP contribution is 2.23. The smallest absolute Gasteiger partial charge is 0.215 e. The van der Waals surface area contributed by atoms with Crippen LogP contribution in [0.25, 0.3) is 16.9 Å². The molecule has 0 aliphatic carbocycles. The fraction of sp³-hybridized carbons (Fsp3) is 0.0769. The van der Waals surface area contributed by atoms with Gasteiger partial charge in [0.25, 0.3) is 0 Å². The fourth-order valence-electron chi connectivity index (χ4n) is 1.90. The quantitative estimate of drug-likeness (QED) is 0.744. The van der Waals surface area contributed by atoms with Crippen LogP contribution in [0, 0.1) is 0 Å². The Balaban J connectivity index is 2.30. The van der Waals surface area contributed by atoms with Crippen molar-refractivity contribution < 1.29 is 4.74 Å². The predicted octanol–water partition coefficient (Wildman–Crippen LogP) is 2.01. The Morgan fingerprint density at radius 3 is 2.56 bits per heavy atom. The molecule has 0 saturated carbocycles. The number of nitrogens with two attached hydrogens (primary N) is 1. The highest BCUT2D eigenvalue weighted by atomic mass is 16.5. The Bertz CT molecular complexity index is 691. The molecule has 90 valence electrons. The Morgan fingerprint density at radius 1 is 1.06 bits per heavy atom. The normalized spacial score (nSPS) is 10.7. The summed E-state index contributed by atoms with van der Waals surface area (Å²) in [6.45, 7) is 0. The third-order valence-electron chi connectivity index (χ3n) is 2.73. The summed E-state index contributed by atoms with van der Waals surface area (Å²) in [5.41, 5.74) is 8.32. The summed E-state index contributed by atoms with van der Waals surface area (Å²) < 4.78 is 6.93. The van der Waals surface area contributed by atoms with Gasteiger partial charge in [0.15, 0.2) is 5.65 Å². The van der Waals surface area contributed by atoms with E-state index in [0.717, 1.165) is 11.2 Å². The van der Waals surface area contributed by atoms with Gasteiger partial charge in [-0.05, 0) is 18.2 Å². The number of fused-ring (bicyclic) bond motifs is 1. The van der Waals surface area contributed by atoms with E-state index in [4.69, 9.17) is 10.5 Å². The van der Waals surface area contributed by atoms with E-state index in [9.17, 15) is 0 Å². The van der Waals surface area contributed by atoms with Crippen molar-refractivity contribution in [1.82, 2.24) is 14.5 Å². The maximum absolute atomic E-state index is 5.95. The molecule has 2 heterocycles. The van der Waals surface area contributed by atoms with E-state index in [0.29, 0.717) is 17.5 Å². The number of imidazole rings is 1. The number of nitrogens with zero attached hydrogens (tertiary/aromatic N) is 3. The third kappa shape index (κ3) is 1.57. The van der Waals surface area contributed by atoms with Gasteiger partial charge >= 0.3 is 0 Å². The molecule has 5 nitrogen and oxygen atoms in total. The summed E-state index contributed by atoms with van der Waals surface area (Å²) >= 11 is 0. The molecule has 0 bridgehead atoms. The van der Waals surface area contributed by atoms with Gasteiger partial charge in [-0.25, -0.2) is 4.98 Å². The van der Waals surface area contributed by atoms with Crippen LogP contribution in [0.1, 0.15) is 0 Å². The van der Waals surface area contributed by atoms with Crippen LogP contribution in [0.5, 0.6) is 5.88 Å². The summed E-state index contributed by atoms with van der Waals surface area (Å²) in [5, 5.41) is 0. The number of para-hydroxylation sites is 1. The van der Waals surface area contributed by atoms with Crippen molar-refractivity contribution in [2.45, 2.75) is 0 Å². The molecule has 0 atom stereocenters. The first-order chi connectivity index (χ1) is 8.79. The van der Waals surface area contributed by atoms with Crippen molar-refractivity contribution in [2.75, 3.05) is 12.8 Å². The molecule has 0 saturated heterocycles. The second-order valence-corrected chi connectivity index (χ2v) is 3.84. The highest BCUT2D eigenvalue weighted by Gasteiger charge is 2.11. The van der Waals surface area contributed by atoms with Crippen LogP contribution < -0.4 is 10.5 Å². The fourth-order valence-corrected chi connectivity index (χ4v) is 1.90. The van der Waals surface area contributed by atoms with Gasteiger partial charge in [-0.1, -0.05) is 18.2 Å². The average Bonchev–Trinajstić information content (AvgIpc) is 2.74. The lowest BCUT2D eigenvalue weighted by atomic mass is 10.3. The molecule has 1 aromatic carbocycles. The number of nitrogen functional groups attached to an aromatic ring is 1. The Morgan fingerprint density at radius 2 is 1.83 bits per heavy atom. The first-order valence-corrected chi connectivity index (χ1v) is 5.54. The van der Waals surface area contributed by atoms with Gasteiger partial charge in [-0.2, -0.15) is 4.98 Å². The van der Waals surface area contributed by atoms with Crippen molar-refractivity contribution in [3.05, 3.63) is 42.5 Å². The molecule has 5 heteroatoms. The highest BCUT2D eigenvalue weighted by molar-refractivity contribution is 5.77. The van der Waals surface area contributed by atoms with Crippen LogP contribution in [0.3, 0.4) is 0 Å². The second kappa shape index (κ2) is 4.03. The summed E-state index contributed by atoms with van der Waals surface area (Å²) in [6, 6.07) is 13.4. The predicted molar refractivity (Wildman–Crippen MR) is 69.8 cm³/mol. The van der Waals surface area contributed by atoms with Gasteiger partial charge in [0, 0.05) is 6.07 Å². The average molecular weight is 240 g/mol. The number of ether oxygens (including phenoxy) is 1. The summed E-state index contributed by atoms with van der Waals surface area (Å²) in [5.74, 6) is 0.955. The lowest BCUT2D eigenvalue weighted by Gasteiger charge is -2.05. The number of methoxy groups -OCH3 is 1. The van der Waals surface area contributed by atoms with Gasteiger partial charge in [-0.15, -0.1) is 0 Å². The maximum atomic E-state index is 5.95. The third-order valence-corrected chi connectivity index (χ3v) is 2.73. The van der Waals surface area contributed by atoms with Crippen molar-refractivity contribution in [3.8, 4) is 11.6 Å². The lowest BCUT2D eigenvalue weighted by molar-refractivity contribution is 0.399. The van der Waals surface area contributed by atoms with Crippen molar-refractivity contribution in [2.24, 2.45) is 0 Å². The van der Waals surface area contributed by atoms with Gasteiger partial charge in [0.2, 0.25) is 11.8 Å². The van der Waals surface area contributed by atoms with Crippen molar-refractivity contribution >= 4 is 17.1 Å². The molecule has 0 aliphatic heterocycles. The van der Waals surface area contributed by atoms with Crippen molar-refractivity contribution in [3.63, 3.8) is 0 Å². The van der Waals surface area contributed by atoms with E-state index < -0.39 is 0 Å². The van der Waals surface area contributed by atoms with Crippen LogP contribution in [-0.4, -0.2) is 21.6 Å². The van der Waals surface area contributed by atoms with Crippen LogP contribution in [0.4, 0.5) is 5.95 Å². The number of aromatic nitrogens is 3. The van der Waals surface area contributed by atoms with E-state index in [1.165, 1.54) is 0 Å². The van der Waals surface area contributed by atoms with Crippen LogP contribution in [0.2, 0.25) is 0 Å². The lowest BCUT2D eigenvalue weighted by Crippen LogP contribution is -2.01. The number of hydrogen-bond acceptors (Lipinski definition) is 4. The van der Waals surface area contributed by atoms with Gasteiger partial charge in [0.1, 0.15) is 5.52 Å². The van der Waals surface area contributed by atoms with E-state index in [1.807, 2.05) is 36.4 Å².